The summed E-state index contributed by atoms with van der Waals surface area (Å²) >= 11 is 0. The van der Waals surface area contributed by atoms with Crippen LogP contribution in [-0.2, 0) is 13.0 Å². The van der Waals surface area contributed by atoms with Crippen LogP contribution in [0.3, 0.4) is 0 Å². The van der Waals surface area contributed by atoms with Crippen LogP contribution in [0.1, 0.15) is 43.4 Å². The predicted molar refractivity (Wildman–Crippen MR) is 65.2 cm³/mol. The van der Waals surface area contributed by atoms with E-state index >= 15 is 0 Å². The molecule has 1 aromatic carbocycles. The lowest BCUT2D eigenvalue weighted by atomic mass is 9.93. The Balaban J connectivity index is 2.24. The lowest BCUT2D eigenvalue weighted by Gasteiger charge is -2.28. The second kappa shape index (κ2) is 4.36. The average molecular weight is 203 g/mol. The molecule has 0 aromatic heterocycles. The van der Waals surface area contributed by atoms with Gasteiger partial charge in [0.15, 0.2) is 0 Å². The fourth-order valence-corrected chi connectivity index (χ4v) is 2.26. The van der Waals surface area contributed by atoms with Gasteiger partial charge in [0, 0.05) is 13.1 Å². The molecule has 1 aromatic rings. The van der Waals surface area contributed by atoms with Gasteiger partial charge in [0.1, 0.15) is 0 Å². The molecule has 1 nitrogen and oxygen atoms in total. The molecule has 1 aliphatic rings. The molecule has 82 valence electrons. The van der Waals surface area contributed by atoms with Crippen LogP contribution in [0.15, 0.2) is 18.2 Å². The van der Waals surface area contributed by atoms with Gasteiger partial charge in [-0.1, -0.05) is 39.0 Å². The van der Waals surface area contributed by atoms with Crippen LogP contribution in [-0.4, -0.2) is 18.0 Å². The first-order chi connectivity index (χ1) is 7.20. The highest BCUT2D eigenvalue weighted by molar-refractivity contribution is 5.35. The van der Waals surface area contributed by atoms with Crippen LogP contribution < -0.4 is 0 Å². The fraction of sp³-hybridized carbons (Fsp3) is 0.571. The van der Waals surface area contributed by atoms with Gasteiger partial charge >= 0.3 is 0 Å². The molecule has 1 heterocycles. The van der Waals surface area contributed by atoms with E-state index in [2.05, 4.69) is 43.9 Å². The first-order valence-electron chi connectivity index (χ1n) is 6.04. The fourth-order valence-electron chi connectivity index (χ4n) is 2.26. The van der Waals surface area contributed by atoms with Crippen LogP contribution in [0, 0.1) is 0 Å². The largest absolute Gasteiger partial charge is 0.299 e. The second-order valence-corrected chi connectivity index (χ2v) is 4.80. The first kappa shape index (κ1) is 10.7. The Bertz CT molecular complexity index is 341. The molecule has 0 unspecified atom stereocenters. The van der Waals surface area contributed by atoms with Gasteiger partial charge in [0.25, 0.3) is 0 Å². The molecule has 2 rings (SSSR count). The predicted octanol–water partition coefficient (Wildman–Crippen LogP) is 3.19. The number of rotatable bonds is 2. The summed E-state index contributed by atoms with van der Waals surface area (Å²) in [6, 6.07) is 7.03. The Morgan fingerprint density at radius 3 is 2.73 bits per heavy atom. The maximum Gasteiger partial charge on any atom is 0.0236 e. The topological polar surface area (TPSA) is 3.24 Å². The molecule has 0 fully saturated rings. The van der Waals surface area contributed by atoms with E-state index in [9.17, 15) is 0 Å². The third-order valence-corrected chi connectivity index (χ3v) is 3.44. The van der Waals surface area contributed by atoms with Gasteiger partial charge in [0.05, 0.1) is 0 Å². The number of hydrogen-bond acceptors (Lipinski definition) is 1. The van der Waals surface area contributed by atoms with E-state index in [1.165, 1.54) is 30.6 Å². The molecule has 0 amide bonds. The molecular weight excluding hydrogens is 182 g/mol. The van der Waals surface area contributed by atoms with Crippen LogP contribution in [0.25, 0.3) is 0 Å². The summed E-state index contributed by atoms with van der Waals surface area (Å²) in [7, 11) is 0. The van der Waals surface area contributed by atoms with Crippen molar-refractivity contribution in [3.63, 3.8) is 0 Å². The monoisotopic (exact) mass is 203 g/mol. The van der Waals surface area contributed by atoms with Gasteiger partial charge in [-0.15, -0.1) is 0 Å². The molecular formula is C14H21N. The standard InChI is InChI=1S/C14H21N/c1-4-15-8-7-13-9-12(11(2)3)5-6-14(13)10-15/h5-6,9,11H,4,7-8,10H2,1-3H3. The number of hydrogen-bond donors (Lipinski definition) is 0. The molecule has 1 heteroatoms. The number of fused-ring (bicyclic) bond motifs is 1. The van der Waals surface area contributed by atoms with Crippen molar-refractivity contribution in [1.29, 1.82) is 0 Å². The molecule has 0 radical (unpaired) electrons. The van der Waals surface area contributed by atoms with Crippen LogP contribution in [0.2, 0.25) is 0 Å². The van der Waals surface area contributed by atoms with E-state index in [0.29, 0.717) is 5.92 Å². The summed E-state index contributed by atoms with van der Waals surface area (Å²) in [5, 5.41) is 0. The summed E-state index contributed by atoms with van der Waals surface area (Å²) in [5.74, 6) is 0.652. The zero-order chi connectivity index (χ0) is 10.8. The number of benzene rings is 1. The highest BCUT2D eigenvalue weighted by Gasteiger charge is 2.15. The minimum Gasteiger partial charge on any atom is -0.299 e. The maximum absolute atomic E-state index is 2.51. The zero-order valence-electron chi connectivity index (χ0n) is 10.1. The molecule has 0 bridgehead atoms. The third-order valence-electron chi connectivity index (χ3n) is 3.44. The third kappa shape index (κ3) is 2.23. The summed E-state index contributed by atoms with van der Waals surface area (Å²) in [4.78, 5) is 2.51. The highest BCUT2D eigenvalue weighted by Crippen LogP contribution is 2.23. The molecule has 0 N–H and O–H groups in total. The Hall–Kier alpha value is -0.820. The zero-order valence-corrected chi connectivity index (χ0v) is 10.1. The Kier molecular flexibility index (Phi) is 3.11. The van der Waals surface area contributed by atoms with Crippen molar-refractivity contribution in [2.24, 2.45) is 0 Å². The summed E-state index contributed by atoms with van der Waals surface area (Å²) < 4.78 is 0. The maximum atomic E-state index is 2.51. The van der Waals surface area contributed by atoms with Gasteiger partial charge in [-0.3, -0.25) is 4.90 Å². The van der Waals surface area contributed by atoms with E-state index in [1.54, 1.807) is 5.56 Å². The van der Waals surface area contributed by atoms with Gasteiger partial charge < -0.3 is 0 Å². The van der Waals surface area contributed by atoms with Crippen LogP contribution in [0.5, 0.6) is 0 Å². The highest BCUT2D eigenvalue weighted by atomic mass is 15.1. The second-order valence-electron chi connectivity index (χ2n) is 4.80. The van der Waals surface area contributed by atoms with Crippen molar-refractivity contribution in [3.05, 3.63) is 34.9 Å². The molecule has 0 saturated heterocycles. The Morgan fingerprint density at radius 2 is 2.07 bits per heavy atom. The van der Waals surface area contributed by atoms with Gasteiger partial charge in [-0.2, -0.15) is 0 Å². The van der Waals surface area contributed by atoms with E-state index < -0.39 is 0 Å². The SMILES string of the molecule is CCN1CCc2cc(C(C)C)ccc2C1. The lowest BCUT2D eigenvalue weighted by Crippen LogP contribution is -2.30. The van der Waals surface area contributed by atoms with Crippen LogP contribution >= 0.6 is 0 Å². The summed E-state index contributed by atoms with van der Waals surface area (Å²) in [6.07, 6.45) is 1.23. The summed E-state index contributed by atoms with van der Waals surface area (Å²) in [6.45, 7) is 10.3. The molecule has 0 atom stereocenters. The quantitative estimate of drug-likeness (QED) is 0.713. The van der Waals surface area contributed by atoms with Gasteiger partial charge in [0.2, 0.25) is 0 Å². The van der Waals surface area contributed by atoms with Gasteiger partial charge in [-0.05, 0) is 35.6 Å². The normalized spacial score (nSPS) is 16.8. The number of likely N-dealkylation sites (N-methyl/N-ethyl adjacent to an activating group) is 1. The van der Waals surface area contributed by atoms with E-state index in [-0.39, 0.29) is 0 Å². The lowest BCUT2D eigenvalue weighted by molar-refractivity contribution is 0.268. The van der Waals surface area contributed by atoms with Crippen molar-refractivity contribution in [1.82, 2.24) is 4.90 Å². The van der Waals surface area contributed by atoms with E-state index in [1.807, 2.05) is 0 Å². The van der Waals surface area contributed by atoms with E-state index in [4.69, 9.17) is 0 Å². The minimum atomic E-state index is 0.652. The molecule has 0 aliphatic carbocycles. The summed E-state index contributed by atoms with van der Waals surface area (Å²) in [5.41, 5.74) is 4.59. The molecule has 1 aliphatic heterocycles. The van der Waals surface area contributed by atoms with E-state index in [0.717, 1.165) is 6.54 Å². The Morgan fingerprint density at radius 1 is 1.27 bits per heavy atom. The minimum absolute atomic E-state index is 0.652. The van der Waals surface area contributed by atoms with Crippen LogP contribution in [0.4, 0.5) is 0 Å². The average Bonchev–Trinajstić information content (AvgIpc) is 2.27. The van der Waals surface area contributed by atoms with Gasteiger partial charge in [-0.25, -0.2) is 0 Å². The van der Waals surface area contributed by atoms with Crippen molar-refractivity contribution in [3.8, 4) is 0 Å². The first-order valence-corrected chi connectivity index (χ1v) is 6.04. The smallest absolute Gasteiger partial charge is 0.0236 e. The molecule has 0 saturated carbocycles. The van der Waals surface area contributed by atoms with Crippen molar-refractivity contribution in [2.45, 2.75) is 39.7 Å². The van der Waals surface area contributed by atoms with Crippen molar-refractivity contribution < 1.29 is 0 Å². The number of nitrogens with zero attached hydrogens (tertiary/aromatic N) is 1. The Labute approximate surface area is 93.1 Å². The molecule has 15 heavy (non-hydrogen) atoms. The van der Waals surface area contributed by atoms with Crippen molar-refractivity contribution in [2.75, 3.05) is 13.1 Å². The molecule has 0 spiro atoms. The van der Waals surface area contributed by atoms with Crippen molar-refractivity contribution >= 4 is 0 Å².